The molecule has 0 saturated heterocycles. The van der Waals surface area contributed by atoms with Crippen LogP contribution < -0.4 is 14.4 Å². The van der Waals surface area contributed by atoms with E-state index in [0.717, 1.165) is 71.5 Å². The Bertz CT molecular complexity index is 1010. The maximum absolute atomic E-state index is 5.71. The fourth-order valence-electron chi connectivity index (χ4n) is 4.20. The van der Waals surface area contributed by atoms with Crippen molar-refractivity contribution in [2.75, 3.05) is 32.2 Å². The van der Waals surface area contributed by atoms with Crippen LogP contribution in [0.5, 0.6) is 11.5 Å². The summed E-state index contributed by atoms with van der Waals surface area (Å²) in [4.78, 5) is 12.3. The summed E-state index contributed by atoms with van der Waals surface area (Å²) in [6.45, 7) is 8.58. The van der Waals surface area contributed by atoms with Crippen LogP contribution in [0, 0.1) is 12.8 Å². The predicted octanol–water partition coefficient (Wildman–Crippen LogP) is 4.91. The summed E-state index contributed by atoms with van der Waals surface area (Å²) in [5.74, 6) is 3.51. The van der Waals surface area contributed by atoms with Gasteiger partial charge in [0.2, 0.25) is 0 Å². The van der Waals surface area contributed by atoms with Gasteiger partial charge in [-0.1, -0.05) is 13.8 Å². The van der Waals surface area contributed by atoms with Crippen molar-refractivity contribution < 1.29 is 9.47 Å². The summed E-state index contributed by atoms with van der Waals surface area (Å²) in [5.41, 5.74) is 4.68. The zero-order valence-corrected chi connectivity index (χ0v) is 18.7. The van der Waals surface area contributed by atoms with Crippen molar-refractivity contribution in [2.45, 2.75) is 46.5 Å². The molecule has 30 heavy (non-hydrogen) atoms. The molecular formula is C24H32N4O2. The van der Waals surface area contributed by atoms with E-state index in [1.165, 1.54) is 18.7 Å². The Hall–Kier alpha value is -2.76. The minimum atomic E-state index is 0.749. The Morgan fingerprint density at radius 3 is 2.40 bits per heavy atom. The topological polar surface area (TPSA) is 51.9 Å². The van der Waals surface area contributed by atoms with E-state index in [2.05, 4.69) is 23.1 Å². The number of aromatic nitrogens is 3. The molecule has 0 aliphatic heterocycles. The van der Waals surface area contributed by atoms with Gasteiger partial charge in [0.25, 0.3) is 0 Å². The fourth-order valence-corrected chi connectivity index (χ4v) is 4.20. The van der Waals surface area contributed by atoms with Gasteiger partial charge in [-0.3, -0.25) is 9.38 Å². The average Bonchev–Trinajstić information content (AvgIpc) is 3.49. The van der Waals surface area contributed by atoms with Crippen LogP contribution in [0.2, 0.25) is 0 Å². The second-order valence-electron chi connectivity index (χ2n) is 8.14. The normalized spacial score (nSPS) is 13.6. The molecule has 0 radical (unpaired) electrons. The lowest BCUT2D eigenvalue weighted by Gasteiger charge is -2.25. The monoisotopic (exact) mass is 408 g/mol. The summed E-state index contributed by atoms with van der Waals surface area (Å²) >= 11 is 0. The van der Waals surface area contributed by atoms with Crippen molar-refractivity contribution in [3.05, 3.63) is 35.8 Å². The molecule has 0 spiro atoms. The van der Waals surface area contributed by atoms with Gasteiger partial charge in [-0.05, 0) is 56.2 Å². The summed E-state index contributed by atoms with van der Waals surface area (Å²) in [5, 5.41) is 0. The molecule has 0 N–H and O–H groups in total. The number of methoxy groups -OCH3 is 2. The van der Waals surface area contributed by atoms with Crippen molar-refractivity contribution in [3.63, 3.8) is 0 Å². The second-order valence-corrected chi connectivity index (χ2v) is 8.14. The van der Waals surface area contributed by atoms with Crippen molar-refractivity contribution in [1.82, 2.24) is 14.4 Å². The zero-order valence-electron chi connectivity index (χ0n) is 18.7. The van der Waals surface area contributed by atoms with Crippen molar-refractivity contribution in [2.24, 2.45) is 5.92 Å². The summed E-state index contributed by atoms with van der Waals surface area (Å²) in [6, 6.07) is 4.04. The number of anilines is 1. The Kier molecular flexibility index (Phi) is 5.84. The molecule has 1 fully saturated rings. The van der Waals surface area contributed by atoms with Crippen LogP contribution in [0.1, 0.15) is 44.4 Å². The van der Waals surface area contributed by atoms with Gasteiger partial charge in [-0.15, -0.1) is 0 Å². The van der Waals surface area contributed by atoms with Gasteiger partial charge in [0.15, 0.2) is 5.65 Å². The van der Waals surface area contributed by atoms with Gasteiger partial charge >= 0.3 is 0 Å². The van der Waals surface area contributed by atoms with Gasteiger partial charge in [0.05, 0.1) is 25.5 Å². The third-order valence-electron chi connectivity index (χ3n) is 5.78. The van der Waals surface area contributed by atoms with Crippen molar-refractivity contribution in [3.8, 4) is 22.8 Å². The van der Waals surface area contributed by atoms with Crippen LogP contribution >= 0.6 is 0 Å². The first-order chi connectivity index (χ1) is 14.6. The maximum atomic E-state index is 5.71. The molecule has 160 valence electrons. The van der Waals surface area contributed by atoms with E-state index < -0.39 is 0 Å². The van der Waals surface area contributed by atoms with Crippen LogP contribution in [0.4, 0.5) is 5.82 Å². The first kappa shape index (κ1) is 20.5. The van der Waals surface area contributed by atoms with E-state index in [0.29, 0.717) is 0 Å². The zero-order chi connectivity index (χ0) is 21.3. The molecule has 3 aromatic rings. The molecule has 0 atom stereocenters. The highest BCUT2D eigenvalue weighted by Crippen LogP contribution is 2.41. The highest BCUT2D eigenvalue weighted by Gasteiger charge is 2.28. The van der Waals surface area contributed by atoms with Gasteiger partial charge in [-0.2, -0.15) is 0 Å². The molecule has 0 bridgehead atoms. The minimum absolute atomic E-state index is 0.749. The fraction of sp³-hybridized carbons (Fsp3) is 0.500. The molecule has 1 saturated carbocycles. The Balaban J connectivity index is 1.93. The average molecular weight is 409 g/mol. The molecule has 0 amide bonds. The smallest absolute Gasteiger partial charge is 0.165 e. The number of fused-ring (bicyclic) bond motifs is 1. The number of rotatable bonds is 9. The molecule has 2 aromatic heterocycles. The van der Waals surface area contributed by atoms with E-state index in [4.69, 9.17) is 19.4 Å². The van der Waals surface area contributed by atoms with E-state index >= 15 is 0 Å². The van der Waals surface area contributed by atoms with Crippen LogP contribution in [0.25, 0.3) is 16.9 Å². The number of hydrogen-bond donors (Lipinski definition) is 0. The largest absolute Gasteiger partial charge is 0.496 e. The number of imidazole rings is 1. The highest BCUT2D eigenvalue weighted by molar-refractivity contribution is 5.84. The van der Waals surface area contributed by atoms with Crippen LogP contribution in [0.15, 0.2) is 24.5 Å². The van der Waals surface area contributed by atoms with Gasteiger partial charge < -0.3 is 14.4 Å². The molecule has 6 nitrogen and oxygen atoms in total. The first-order valence-corrected chi connectivity index (χ1v) is 10.9. The van der Waals surface area contributed by atoms with Crippen LogP contribution in [-0.4, -0.2) is 41.7 Å². The minimum Gasteiger partial charge on any atom is -0.496 e. The molecule has 2 heterocycles. The van der Waals surface area contributed by atoms with Gasteiger partial charge in [0.1, 0.15) is 23.0 Å². The molecular weight excluding hydrogens is 376 g/mol. The molecule has 0 unspecified atom stereocenters. The summed E-state index contributed by atoms with van der Waals surface area (Å²) < 4.78 is 13.6. The molecule has 1 aliphatic rings. The van der Waals surface area contributed by atoms with E-state index in [-0.39, 0.29) is 0 Å². The molecule has 1 aliphatic carbocycles. The standard InChI is InChI=1S/C24H32N4O2/c1-6-11-27(15-17-8-9-17)24-18(7-2)26-23-22(25-10-12-28(23)24)21-19(29-4)13-16(3)14-20(21)30-5/h10,12-14,17H,6-9,11,15H2,1-5H3. The van der Waals surface area contributed by atoms with Crippen molar-refractivity contribution in [1.29, 1.82) is 0 Å². The van der Waals surface area contributed by atoms with Crippen LogP contribution in [-0.2, 0) is 6.42 Å². The quantitative estimate of drug-likeness (QED) is 0.503. The maximum Gasteiger partial charge on any atom is 0.165 e. The number of hydrogen-bond acceptors (Lipinski definition) is 5. The Morgan fingerprint density at radius 2 is 1.83 bits per heavy atom. The molecule has 1 aromatic carbocycles. The summed E-state index contributed by atoms with van der Waals surface area (Å²) in [6.07, 6.45) is 8.55. The third kappa shape index (κ3) is 3.71. The third-order valence-corrected chi connectivity index (χ3v) is 5.78. The van der Waals surface area contributed by atoms with Gasteiger partial charge in [-0.25, -0.2) is 4.98 Å². The highest BCUT2D eigenvalue weighted by atomic mass is 16.5. The Labute approximate surface area is 178 Å². The van der Waals surface area contributed by atoms with Gasteiger partial charge in [0, 0.05) is 25.5 Å². The Morgan fingerprint density at radius 1 is 1.13 bits per heavy atom. The number of aryl methyl sites for hydroxylation is 2. The summed E-state index contributed by atoms with van der Waals surface area (Å²) in [7, 11) is 3.37. The lowest BCUT2D eigenvalue weighted by atomic mass is 10.1. The lowest BCUT2D eigenvalue weighted by Crippen LogP contribution is -2.28. The molecule has 4 rings (SSSR count). The second kappa shape index (κ2) is 8.54. The van der Waals surface area contributed by atoms with E-state index in [1.54, 1.807) is 14.2 Å². The number of nitrogens with zero attached hydrogens (tertiary/aromatic N) is 4. The predicted molar refractivity (Wildman–Crippen MR) is 121 cm³/mol. The SMILES string of the molecule is CCCN(CC1CC1)c1c(CC)nc2c(-c3c(OC)cc(C)cc3OC)nccn12. The van der Waals surface area contributed by atoms with E-state index in [9.17, 15) is 0 Å². The van der Waals surface area contributed by atoms with E-state index in [1.807, 2.05) is 31.5 Å². The number of benzene rings is 1. The lowest BCUT2D eigenvalue weighted by molar-refractivity contribution is 0.396. The van der Waals surface area contributed by atoms with Crippen molar-refractivity contribution >= 4 is 11.5 Å². The first-order valence-electron chi connectivity index (χ1n) is 10.9. The van der Waals surface area contributed by atoms with Crippen LogP contribution in [0.3, 0.4) is 0 Å². The number of ether oxygens (including phenoxy) is 2. The molecule has 6 heteroatoms.